The van der Waals surface area contributed by atoms with Crippen LogP contribution < -0.4 is 10.6 Å². The Bertz CT molecular complexity index is 848. The minimum Gasteiger partial charge on any atom is -0.350 e. The molecule has 0 spiro atoms. The zero-order chi connectivity index (χ0) is 19.3. The van der Waals surface area contributed by atoms with Crippen molar-refractivity contribution in [2.24, 2.45) is 0 Å². The van der Waals surface area contributed by atoms with E-state index < -0.39 is 9.84 Å². The number of sulfone groups is 1. The molecule has 1 aromatic heterocycles. The van der Waals surface area contributed by atoms with Gasteiger partial charge >= 0.3 is 0 Å². The number of hydrogen-bond donors (Lipinski definition) is 2. The summed E-state index contributed by atoms with van der Waals surface area (Å²) in [5.41, 5.74) is 1.86. The highest BCUT2D eigenvalue weighted by Gasteiger charge is 2.29. The molecule has 2 heterocycles. The van der Waals surface area contributed by atoms with Crippen molar-refractivity contribution in [1.29, 1.82) is 0 Å². The lowest BCUT2D eigenvalue weighted by Gasteiger charge is -2.13. The largest absolute Gasteiger partial charge is 0.350 e. The maximum absolute atomic E-state index is 12.3. The standard InChI is InChI=1S/C19H25N3O4S/c23-18(22-16-8-11-27(25,26)13-16)15-7-10-20-17(12-15)19(24)21-9-6-14-4-2-1-3-5-14/h4,7,10,12,16H,1-3,5-6,8-9,11,13H2,(H,21,24)(H,22,23). The molecule has 1 atom stereocenters. The van der Waals surface area contributed by atoms with Crippen LogP contribution in [0.1, 0.15) is 59.4 Å². The van der Waals surface area contributed by atoms with E-state index in [-0.39, 0.29) is 35.1 Å². The van der Waals surface area contributed by atoms with Gasteiger partial charge in [-0.1, -0.05) is 11.6 Å². The summed E-state index contributed by atoms with van der Waals surface area (Å²) in [7, 11) is -3.06. The summed E-state index contributed by atoms with van der Waals surface area (Å²) in [6.07, 6.45) is 9.58. The fourth-order valence-corrected chi connectivity index (χ4v) is 5.11. The molecule has 146 valence electrons. The van der Waals surface area contributed by atoms with Crippen LogP contribution in [0.5, 0.6) is 0 Å². The van der Waals surface area contributed by atoms with Crippen LogP contribution in [0, 0.1) is 0 Å². The highest BCUT2D eigenvalue weighted by atomic mass is 32.2. The van der Waals surface area contributed by atoms with Crippen molar-refractivity contribution < 1.29 is 18.0 Å². The summed E-state index contributed by atoms with van der Waals surface area (Å²) >= 11 is 0. The van der Waals surface area contributed by atoms with Crippen LogP contribution in [0.3, 0.4) is 0 Å². The average Bonchev–Trinajstić information content (AvgIpc) is 3.01. The first-order valence-corrected chi connectivity index (χ1v) is 11.2. The zero-order valence-electron chi connectivity index (χ0n) is 15.2. The third-order valence-corrected chi connectivity index (χ3v) is 6.71. The quantitative estimate of drug-likeness (QED) is 0.717. The molecule has 0 aromatic carbocycles. The predicted molar refractivity (Wildman–Crippen MR) is 102 cm³/mol. The molecule has 2 aliphatic rings. The van der Waals surface area contributed by atoms with Crippen LogP contribution in [0.2, 0.25) is 0 Å². The lowest BCUT2D eigenvalue weighted by Crippen LogP contribution is -2.35. The lowest BCUT2D eigenvalue weighted by atomic mass is 9.97. The Morgan fingerprint density at radius 1 is 1.22 bits per heavy atom. The van der Waals surface area contributed by atoms with Crippen molar-refractivity contribution in [2.75, 3.05) is 18.1 Å². The smallest absolute Gasteiger partial charge is 0.269 e. The van der Waals surface area contributed by atoms with Crippen molar-refractivity contribution in [3.8, 4) is 0 Å². The van der Waals surface area contributed by atoms with E-state index in [0.29, 0.717) is 18.5 Å². The van der Waals surface area contributed by atoms with E-state index in [1.807, 2.05) is 0 Å². The van der Waals surface area contributed by atoms with Crippen LogP contribution in [0.25, 0.3) is 0 Å². The number of pyridine rings is 1. The topological polar surface area (TPSA) is 105 Å². The molecule has 1 aliphatic carbocycles. The molecule has 27 heavy (non-hydrogen) atoms. The van der Waals surface area contributed by atoms with Crippen LogP contribution in [0.4, 0.5) is 0 Å². The highest BCUT2D eigenvalue weighted by molar-refractivity contribution is 7.91. The fourth-order valence-electron chi connectivity index (χ4n) is 3.43. The normalized spacial score (nSPS) is 21.3. The maximum Gasteiger partial charge on any atom is 0.269 e. The molecule has 0 radical (unpaired) electrons. The van der Waals surface area contributed by atoms with Gasteiger partial charge in [-0.2, -0.15) is 0 Å². The van der Waals surface area contributed by atoms with E-state index in [4.69, 9.17) is 0 Å². The number of hydrogen-bond acceptors (Lipinski definition) is 5. The summed E-state index contributed by atoms with van der Waals surface area (Å²) in [5, 5.41) is 5.56. The van der Waals surface area contributed by atoms with Gasteiger partial charge in [-0.3, -0.25) is 14.6 Å². The van der Waals surface area contributed by atoms with Gasteiger partial charge in [0.15, 0.2) is 9.84 Å². The van der Waals surface area contributed by atoms with E-state index in [9.17, 15) is 18.0 Å². The Morgan fingerprint density at radius 2 is 2.07 bits per heavy atom. The third kappa shape index (κ3) is 5.63. The van der Waals surface area contributed by atoms with Crippen molar-refractivity contribution in [1.82, 2.24) is 15.6 Å². The number of aromatic nitrogens is 1. The van der Waals surface area contributed by atoms with Gasteiger partial charge in [-0.25, -0.2) is 8.42 Å². The summed E-state index contributed by atoms with van der Waals surface area (Å²) in [6.45, 7) is 0.544. The van der Waals surface area contributed by atoms with Gasteiger partial charge in [-0.15, -0.1) is 0 Å². The second-order valence-electron chi connectivity index (χ2n) is 7.12. The summed E-state index contributed by atoms with van der Waals surface area (Å²) < 4.78 is 23.0. The van der Waals surface area contributed by atoms with Crippen molar-refractivity contribution in [2.45, 2.75) is 44.6 Å². The average molecular weight is 391 g/mol. The molecule has 1 fully saturated rings. The van der Waals surface area contributed by atoms with E-state index in [1.165, 1.54) is 36.7 Å². The second-order valence-corrected chi connectivity index (χ2v) is 9.35. The zero-order valence-corrected chi connectivity index (χ0v) is 16.1. The second kappa shape index (κ2) is 8.65. The Kier molecular flexibility index (Phi) is 6.26. The number of nitrogens with zero attached hydrogens (tertiary/aromatic N) is 1. The molecular weight excluding hydrogens is 366 g/mol. The molecule has 1 unspecified atom stereocenters. The maximum atomic E-state index is 12.3. The SMILES string of the molecule is O=C(NC1CCS(=O)(=O)C1)c1ccnc(C(=O)NCCC2=CCCCC2)c1. The first-order chi connectivity index (χ1) is 12.9. The van der Waals surface area contributed by atoms with E-state index in [0.717, 1.165) is 19.3 Å². The predicted octanol–water partition coefficient (Wildman–Crippen LogP) is 1.62. The Labute approximate surface area is 159 Å². The first-order valence-electron chi connectivity index (χ1n) is 9.36. The van der Waals surface area contributed by atoms with E-state index >= 15 is 0 Å². The van der Waals surface area contributed by atoms with Gasteiger partial charge < -0.3 is 10.6 Å². The number of carbonyl (C=O) groups excluding carboxylic acids is 2. The van der Waals surface area contributed by atoms with Crippen LogP contribution in [0.15, 0.2) is 30.0 Å². The molecule has 8 heteroatoms. The molecule has 2 amide bonds. The Hall–Kier alpha value is -2.22. The van der Waals surface area contributed by atoms with Crippen molar-refractivity contribution in [3.63, 3.8) is 0 Å². The Morgan fingerprint density at radius 3 is 2.78 bits per heavy atom. The van der Waals surface area contributed by atoms with E-state index in [2.05, 4.69) is 21.7 Å². The van der Waals surface area contributed by atoms with Gasteiger partial charge in [0.25, 0.3) is 11.8 Å². The molecule has 7 nitrogen and oxygen atoms in total. The number of carbonyl (C=O) groups is 2. The van der Waals surface area contributed by atoms with Gasteiger partial charge in [0.05, 0.1) is 11.5 Å². The van der Waals surface area contributed by atoms with Crippen molar-refractivity contribution >= 4 is 21.7 Å². The summed E-state index contributed by atoms with van der Waals surface area (Å²) in [5.74, 6) is -0.642. The van der Waals surface area contributed by atoms with E-state index in [1.54, 1.807) is 0 Å². The molecule has 3 rings (SSSR count). The first kappa shape index (κ1) is 19.5. The number of allylic oxidation sites excluding steroid dienone is 1. The third-order valence-electron chi connectivity index (χ3n) is 4.94. The summed E-state index contributed by atoms with van der Waals surface area (Å²) in [4.78, 5) is 28.7. The molecule has 1 saturated heterocycles. The van der Waals surface area contributed by atoms with Gasteiger partial charge in [0, 0.05) is 24.3 Å². The van der Waals surface area contributed by atoms with Gasteiger partial charge in [0.2, 0.25) is 0 Å². The van der Waals surface area contributed by atoms with Crippen LogP contribution >= 0.6 is 0 Å². The number of amides is 2. The van der Waals surface area contributed by atoms with Crippen LogP contribution in [-0.2, 0) is 9.84 Å². The number of rotatable bonds is 6. The molecule has 2 N–H and O–H groups in total. The van der Waals surface area contributed by atoms with Crippen molar-refractivity contribution in [3.05, 3.63) is 41.2 Å². The molecule has 0 saturated carbocycles. The highest BCUT2D eigenvalue weighted by Crippen LogP contribution is 2.19. The molecule has 1 aliphatic heterocycles. The monoisotopic (exact) mass is 391 g/mol. The minimum absolute atomic E-state index is 0.0347. The molecule has 1 aromatic rings. The molecular formula is C19H25N3O4S. The van der Waals surface area contributed by atoms with Gasteiger partial charge in [0.1, 0.15) is 5.69 Å². The Balaban J connectivity index is 1.53. The minimum atomic E-state index is -3.06. The number of nitrogens with one attached hydrogen (secondary N) is 2. The lowest BCUT2D eigenvalue weighted by molar-refractivity contribution is 0.0941. The summed E-state index contributed by atoms with van der Waals surface area (Å²) in [6, 6.07) is 2.58. The van der Waals surface area contributed by atoms with Crippen LogP contribution in [-0.4, -0.2) is 49.3 Å². The van der Waals surface area contributed by atoms with Gasteiger partial charge in [-0.05, 0) is 50.7 Å². The fraction of sp³-hybridized carbons (Fsp3) is 0.526. The molecule has 0 bridgehead atoms.